The molecular weight excluding hydrogens is 478 g/mol. The smallest absolute Gasteiger partial charge is 0.242 e. The minimum Gasteiger partial charge on any atom is -0.497 e. The average Bonchev–Trinajstić information content (AvgIpc) is 2.85. The van der Waals surface area contributed by atoms with Crippen molar-refractivity contribution < 1.29 is 22.7 Å². The summed E-state index contributed by atoms with van der Waals surface area (Å²) in [6, 6.07) is 14.0. The highest BCUT2D eigenvalue weighted by molar-refractivity contribution is 7.92. The van der Waals surface area contributed by atoms with Gasteiger partial charge in [-0.15, -0.1) is 0 Å². The molecule has 0 saturated carbocycles. The maximum Gasteiger partial charge on any atom is 0.242 e. The van der Waals surface area contributed by atoms with Crippen molar-refractivity contribution >= 4 is 27.5 Å². The van der Waals surface area contributed by atoms with Crippen LogP contribution in [-0.2, 0) is 26.2 Å². The molecule has 0 aliphatic heterocycles. The molecule has 2 amide bonds. The van der Waals surface area contributed by atoms with Crippen molar-refractivity contribution in [3.05, 3.63) is 59.7 Å². The van der Waals surface area contributed by atoms with E-state index >= 15 is 0 Å². The van der Waals surface area contributed by atoms with Crippen LogP contribution in [0.25, 0.3) is 0 Å². The third kappa shape index (κ3) is 8.55. The van der Waals surface area contributed by atoms with E-state index in [-0.39, 0.29) is 31.3 Å². The number of rotatable bonds is 14. The number of anilines is 1. The van der Waals surface area contributed by atoms with Gasteiger partial charge < -0.3 is 15.0 Å². The predicted molar refractivity (Wildman–Crippen MR) is 144 cm³/mol. The lowest BCUT2D eigenvalue weighted by molar-refractivity contribution is -0.140. The van der Waals surface area contributed by atoms with E-state index in [0.717, 1.165) is 24.0 Å². The van der Waals surface area contributed by atoms with Gasteiger partial charge in [0.25, 0.3) is 0 Å². The Balaban J connectivity index is 2.16. The topological polar surface area (TPSA) is 96.0 Å². The first-order valence-corrected chi connectivity index (χ1v) is 14.2. The monoisotopic (exact) mass is 517 g/mol. The number of benzene rings is 2. The van der Waals surface area contributed by atoms with Crippen LogP contribution in [0, 0.1) is 6.92 Å². The molecule has 1 unspecified atom stereocenters. The fourth-order valence-corrected chi connectivity index (χ4v) is 4.89. The molecule has 2 aromatic rings. The third-order valence-corrected chi connectivity index (χ3v) is 7.23. The Morgan fingerprint density at radius 2 is 1.72 bits per heavy atom. The van der Waals surface area contributed by atoms with Gasteiger partial charge in [0.05, 0.1) is 19.1 Å². The molecule has 9 heteroatoms. The number of para-hydroxylation sites is 1. The van der Waals surface area contributed by atoms with E-state index in [1.165, 1.54) is 10.6 Å². The van der Waals surface area contributed by atoms with E-state index in [0.29, 0.717) is 24.4 Å². The zero-order chi connectivity index (χ0) is 26.7. The second kappa shape index (κ2) is 13.9. The number of ether oxygens (including phenoxy) is 1. The first-order chi connectivity index (χ1) is 17.1. The number of amides is 2. The number of unbranched alkanes of at least 4 members (excludes halogenated alkanes) is 1. The summed E-state index contributed by atoms with van der Waals surface area (Å²) < 4.78 is 31.5. The van der Waals surface area contributed by atoms with Gasteiger partial charge >= 0.3 is 0 Å². The molecule has 0 heterocycles. The first kappa shape index (κ1) is 29.2. The van der Waals surface area contributed by atoms with Gasteiger partial charge in [0.2, 0.25) is 21.8 Å². The van der Waals surface area contributed by atoms with Crippen LogP contribution in [-0.4, -0.2) is 57.6 Å². The number of carbonyl (C=O) groups is 2. The Bertz CT molecular complexity index is 1100. The molecule has 0 aromatic heterocycles. The van der Waals surface area contributed by atoms with Crippen molar-refractivity contribution in [1.82, 2.24) is 10.2 Å². The quantitative estimate of drug-likeness (QED) is 0.384. The van der Waals surface area contributed by atoms with Crippen molar-refractivity contribution in [3.63, 3.8) is 0 Å². The highest BCUT2D eigenvalue weighted by atomic mass is 32.2. The summed E-state index contributed by atoms with van der Waals surface area (Å²) in [5.41, 5.74) is 2.31. The molecule has 1 N–H and O–H groups in total. The fourth-order valence-electron chi connectivity index (χ4n) is 3.87. The van der Waals surface area contributed by atoms with Gasteiger partial charge in [0.15, 0.2) is 0 Å². The standard InChI is InChI=1S/C27H39N3O5S/c1-6-7-18-28-27(32)22(3)29(20-23-14-16-24(35-4)17-15-23)26(31)13-10-19-30(36(5,33)34)25-12-9-8-11-21(25)2/h8-9,11-12,14-17,22H,6-7,10,13,18-20H2,1-5H3,(H,28,32). The Kier molecular flexibility index (Phi) is 11.2. The maximum absolute atomic E-state index is 13.3. The second-order valence-electron chi connectivity index (χ2n) is 8.92. The molecule has 2 aromatic carbocycles. The number of nitrogens with zero attached hydrogens (tertiary/aromatic N) is 2. The van der Waals surface area contributed by atoms with Crippen LogP contribution in [0.15, 0.2) is 48.5 Å². The highest BCUT2D eigenvalue weighted by Crippen LogP contribution is 2.23. The van der Waals surface area contributed by atoms with Crippen LogP contribution in [0.4, 0.5) is 5.69 Å². The molecule has 0 saturated heterocycles. The van der Waals surface area contributed by atoms with E-state index in [2.05, 4.69) is 5.32 Å². The van der Waals surface area contributed by atoms with Crippen LogP contribution in [0.1, 0.15) is 50.7 Å². The molecule has 8 nitrogen and oxygen atoms in total. The van der Waals surface area contributed by atoms with Gasteiger partial charge in [-0.1, -0.05) is 43.7 Å². The van der Waals surface area contributed by atoms with Crippen molar-refractivity contribution in [2.24, 2.45) is 0 Å². The Hall–Kier alpha value is -3.07. The van der Waals surface area contributed by atoms with E-state index in [9.17, 15) is 18.0 Å². The number of nitrogens with one attached hydrogen (secondary N) is 1. The Morgan fingerprint density at radius 3 is 2.31 bits per heavy atom. The number of carbonyl (C=O) groups excluding carboxylic acids is 2. The molecule has 0 radical (unpaired) electrons. The van der Waals surface area contributed by atoms with Gasteiger partial charge in [-0.05, 0) is 56.0 Å². The second-order valence-corrected chi connectivity index (χ2v) is 10.8. The molecule has 0 aliphatic carbocycles. The van der Waals surface area contributed by atoms with Crippen LogP contribution < -0.4 is 14.4 Å². The normalized spacial score (nSPS) is 12.0. The van der Waals surface area contributed by atoms with Gasteiger partial charge in [-0.25, -0.2) is 8.42 Å². The van der Waals surface area contributed by atoms with Crippen LogP contribution in [0.5, 0.6) is 5.75 Å². The van der Waals surface area contributed by atoms with Gasteiger partial charge in [0, 0.05) is 26.1 Å². The minimum atomic E-state index is -3.52. The van der Waals surface area contributed by atoms with Gasteiger partial charge in [0.1, 0.15) is 11.8 Å². The zero-order valence-corrected chi connectivity index (χ0v) is 22.8. The zero-order valence-electron chi connectivity index (χ0n) is 22.0. The molecule has 0 bridgehead atoms. The number of hydrogen-bond acceptors (Lipinski definition) is 5. The molecular formula is C27H39N3O5S. The van der Waals surface area contributed by atoms with Crippen molar-refractivity contribution in [3.8, 4) is 5.75 Å². The Morgan fingerprint density at radius 1 is 1.06 bits per heavy atom. The first-order valence-electron chi connectivity index (χ1n) is 12.3. The lowest BCUT2D eigenvalue weighted by Crippen LogP contribution is -2.48. The lowest BCUT2D eigenvalue weighted by Gasteiger charge is -2.29. The molecule has 0 fully saturated rings. The summed E-state index contributed by atoms with van der Waals surface area (Å²) in [6.45, 7) is 6.62. The molecule has 2 rings (SSSR count). The molecule has 0 spiro atoms. The molecule has 0 aliphatic rings. The number of sulfonamides is 1. The third-order valence-electron chi connectivity index (χ3n) is 6.05. The number of methoxy groups -OCH3 is 1. The SMILES string of the molecule is CCCCNC(=O)C(C)N(Cc1ccc(OC)cc1)C(=O)CCCN(c1ccccc1C)S(C)(=O)=O. The van der Waals surface area contributed by atoms with Crippen molar-refractivity contribution in [2.75, 3.05) is 30.8 Å². The fraction of sp³-hybridized carbons (Fsp3) is 0.481. The van der Waals surface area contributed by atoms with E-state index < -0.39 is 16.1 Å². The minimum absolute atomic E-state index is 0.112. The number of aryl methyl sites for hydroxylation is 1. The van der Waals surface area contributed by atoms with Gasteiger partial charge in [-0.3, -0.25) is 13.9 Å². The molecule has 198 valence electrons. The molecule has 1 atom stereocenters. The van der Waals surface area contributed by atoms with E-state index in [4.69, 9.17) is 4.74 Å². The Labute approximate surface area is 215 Å². The highest BCUT2D eigenvalue weighted by Gasteiger charge is 2.26. The largest absolute Gasteiger partial charge is 0.497 e. The van der Waals surface area contributed by atoms with Crippen LogP contribution in [0.2, 0.25) is 0 Å². The average molecular weight is 518 g/mol. The van der Waals surface area contributed by atoms with Crippen molar-refractivity contribution in [2.45, 2.75) is 59.0 Å². The van der Waals surface area contributed by atoms with E-state index in [1.54, 1.807) is 31.1 Å². The van der Waals surface area contributed by atoms with E-state index in [1.807, 2.05) is 50.2 Å². The summed E-state index contributed by atoms with van der Waals surface area (Å²) in [7, 11) is -1.94. The van der Waals surface area contributed by atoms with Crippen LogP contribution >= 0.6 is 0 Å². The lowest BCUT2D eigenvalue weighted by atomic mass is 10.1. The molecule has 36 heavy (non-hydrogen) atoms. The maximum atomic E-state index is 13.3. The van der Waals surface area contributed by atoms with Crippen LogP contribution in [0.3, 0.4) is 0 Å². The van der Waals surface area contributed by atoms with Gasteiger partial charge in [-0.2, -0.15) is 0 Å². The summed E-state index contributed by atoms with van der Waals surface area (Å²) in [5.74, 6) is 0.296. The summed E-state index contributed by atoms with van der Waals surface area (Å²) in [5, 5.41) is 2.90. The summed E-state index contributed by atoms with van der Waals surface area (Å²) in [6.07, 6.45) is 3.43. The summed E-state index contributed by atoms with van der Waals surface area (Å²) >= 11 is 0. The predicted octanol–water partition coefficient (Wildman–Crippen LogP) is 3.88. The number of hydrogen-bond donors (Lipinski definition) is 1. The summed E-state index contributed by atoms with van der Waals surface area (Å²) in [4.78, 5) is 27.7. The van der Waals surface area contributed by atoms with Crippen molar-refractivity contribution in [1.29, 1.82) is 0 Å².